The van der Waals surface area contributed by atoms with Crippen LogP contribution in [0.2, 0.25) is 0 Å². The zero-order valence-corrected chi connectivity index (χ0v) is 11.1. The van der Waals surface area contributed by atoms with Crippen LogP contribution in [0.4, 0.5) is 0 Å². The van der Waals surface area contributed by atoms with Crippen molar-refractivity contribution in [1.29, 1.82) is 5.26 Å². The Kier molecular flexibility index (Phi) is 4.99. The molecule has 3 heteroatoms. The van der Waals surface area contributed by atoms with Crippen LogP contribution in [0.3, 0.4) is 0 Å². The van der Waals surface area contributed by atoms with Crippen molar-refractivity contribution in [3.63, 3.8) is 0 Å². The molecule has 0 aliphatic rings. The minimum Gasteiger partial charge on any atom is -0.496 e. The Hall–Kier alpha value is -1.53. The molecule has 92 valence electrons. The summed E-state index contributed by atoms with van der Waals surface area (Å²) >= 11 is 0. The Morgan fingerprint density at radius 1 is 1.29 bits per heavy atom. The first-order valence-electron chi connectivity index (χ1n) is 5.78. The molecule has 0 saturated heterocycles. The van der Waals surface area contributed by atoms with Crippen molar-refractivity contribution in [1.82, 2.24) is 4.90 Å². The zero-order valence-electron chi connectivity index (χ0n) is 11.1. The minimum atomic E-state index is 0.574. The van der Waals surface area contributed by atoms with Gasteiger partial charge in [-0.1, -0.05) is 6.07 Å². The fourth-order valence-electron chi connectivity index (χ4n) is 1.85. The summed E-state index contributed by atoms with van der Waals surface area (Å²) in [4.78, 5) is 2.16. The van der Waals surface area contributed by atoms with Crippen LogP contribution in [0.15, 0.2) is 12.1 Å². The van der Waals surface area contributed by atoms with Gasteiger partial charge < -0.3 is 9.64 Å². The first kappa shape index (κ1) is 13.5. The smallest absolute Gasteiger partial charge is 0.122 e. The van der Waals surface area contributed by atoms with E-state index in [4.69, 9.17) is 10.00 Å². The monoisotopic (exact) mass is 232 g/mol. The Bertz CT molecular complexity index is 421. The van der Waals surface area contributed by atoms with Gasteiger partial charge in [0.05, 0.1) is 13.2 Å². The van der Waals surface area contributed by atoms with Crippen LogP contribution in [0.1, 0.15) is 23.1 Å². The predicted octanol–water partition coefficient (Wildman–Crippen LogP) is 2.66. The predicted molar refractivity (Wildman–Crippen MR) is 69.0 cm³/mol. The molecule has 0 aromatic heterocycles. The summed E-state index contributed by atoms with van der Waals surface area (Å²) in [6.45, 7) is 5.83. The zero-order chi connectivity index (χ0) is 12.8. The molecule has 1 rings (SSSR count). The lowest BCUT2D eigenvalue weighted by Crippen LogP contribution is -2.19. The largest absolute Gasteiger partial charge is 0.496 e. The molecule has 0 radical (unpaired) electrons. The SMILES string of the molecule is COc1cc(C)c(CN(C)CCC#N)cc1C. The number of nitriles is 1. The number of ether oxygens (including phenoxy) is 1. The van der Waals surface area contributed by atoms with E-state index >= 15 is 0 Å². The molecule has 0 N–H and O–H groups in total. The van der Waals surface area contributed by atoms with Gasteiger partial charge >= 0.3 is 0 Å². The van der Waals surface area contributed by atoms with E-state index in [2.05, 4.69) is 36.9 Å². The summed E-state index contributed by atoms with van der Waals surface area (Å²) in [5, 5.41) is 8.56. The number of rotatable bonds is 5. The molecule has 0 fully saturated rings. The summed E-state index contributed by atoms with van der Waals surface area (Å²) in [6.07, 6.45) is 0.574. The van der Waals surface area contributed by atoms with E-state index in [-0.39, 0.29) is 0 Å². The van der Waals surface area contributed by atoms with Gasteiger partial charge in [0.2, 0.25) is 0 Å². The average Bonchev–Trinajstić information content (AvgIpc) is 2.30. The van der Waals surface area contributed by atoms with E-state index in [1.165, 1.54) is 11.1 Å². The number of benzene rings is 1. The van der Waals surface area contributed by atoms with Gasteiger partial charge in [0.25, 0.3) is 0 Å². The van der Waals surface area contributed by atoms with Crippen molar-refractivity contribution in [2.45, 2.75) is 26.8 Å². The molecular formula is C14H20N2O. The highest BCUT2D eigenvalue weighted by molar-refractivity contribution is 5.41. The Morgan fingerprint density at radius 2 is 2.00 bits per heavy atom. The Labute approximate surface area is 104 Å². The van der Waals surface area contributed by atoms with Crippen molar-refractivity contribution in [2.24, 2.45) is 0 Å². The highest BCUT2D eigenvalue weighted by Gasteiger charge is 2.07. The standard InChI is InChI=1S/C14H20N2O/c1-11-9-14(17-4)12(2)8-13(11)10-16(3)7-5-6-15/h8-9H,5,7,10H2,1-4H3. The topological polar surface area (TPSA) is 36.3 Å². The summed E-state index contributed by atoms with van der Waals surface area (Å²) in [5.41, 5.74) is 3.68. The maximum Gasteiger partial charge on any atom is 0.122 e. The number of nitrogens with zero attached hydrogens (tertiary/aromatic N) is 2. The fourth-order valence-corrected chi connectivity index (χ4v) is 1.85. The number of aryl methyl sites for hydroxylation is 2. The van der Waals surface area contributed by atoms with E-state index in [1.54, 1.807) is 7.11 Å². The third-order valence-corrected chi connectivity index (χ3v) is 2.90. The normalized spacial score (nSPS) is 10.4. The third kappa shape index (κ3) is 3.76. The van der Waals surface area contributed by atoms with Crippen molar-refractivity contribution < 1.29 is 4.74 Å². The minimum absolute atomic E-state index is 0.574. The van der Waals surface area contributed by atoms with Crippen molar-refractivity contribution in [3.05, 3.63) is 28.8 Å². The lowest BCUT2D eigenvalue weighted by atomic mass is 10.0. The number of hydrogen-bond donors (Lipinski definition) is 0. The Balaban J connectivity index is 2.78. The van der Waals surface area contributed by atoms with Crippen LogP contribution >= 0.6 is 0 Å². The molecule has 17 heavy (non-hydrogen) atoms. The van der Waals surface area contributed by atoms with Crippen LogP contribution in [0.25, 0.3) is 0 Å². The van der Waals surface area contributed by atoms with Gasteiger partial charge in [-0.3, -0.25) is 0 Å². The molecular weight excluding hydrogens is 212 g/mol. The molecule has 0 bridgehead atoms. The Morgan fingerprint density at radius 3 is 2.59 bits per heavy atom. The van der Waals surface area contributed by atoms with Gasteiger partial charge in [-0.2, -0.15) is 5.26 Å². The summed E-state index contributed by atoms with van der Waals surface area (Å²) in [5.74, 6) is 0.936. The fraction of sp³-hybridized carbons (Fsp3) is 0.500. The van der Waals surface area contributed by atoms with Crippen LogP contribution < -0.4 is 4.74 Å². The first-order chi connectivity index (χ1) is 8.08. The number of methoxy groups -OCH3 is 1. The molecule has 3 nitrogen and oxygen atoms in total. The summed E-state index contributed by atoms with van der Waals surface area (Å²) in [7, 11) is 3.73. The third-order valence-electron chi connectivity index (χ3n) is 2.90. The second-order valence-corrected chi connectivity index (χ2v) is 4.39. The molecule has 1 aromatic rings. The highest BCUT2D eigenvalue weighted by atomic mass is 16.5. The quantitative estimate of drug-likeness (QED) is 0.783. The van der Waals surface area contributed by atoms with Gasteiger partial charge in [0.15, 0.2) is 0 Å². The van der Waals surface area contributed by atoms with E-state index in [9.17, 15) is 0 Å². The second kappa shape index (κ2) is 6.27. The summed E-state index contributed by atoms with van der Waals surface area (Å²) < 4.78 is 5.29. The van der Waals surface area contributed by atoms with E-state index in [0.29, 0.717) is 6.42 Å². The molecule has 1 aromatic carbocycles. The molecule has 0 aliphatic heterocycles. The van der Waals surface area contributed by atoms with E-state index in [1.807, 2.05) is 7.05 Å². The molecule has 0 aliphatic carbocycles. The molecule has 0 amide bonds. The maximum absolute atomic E-state index is 8.56. The van der Waals surface area contributed by atoms with Crippen molar-refractivity contribution >= 4 is 0 Å². The van der Waals surface area contributed by atoms with Crippen LogP contribution in [-0.2, 0) is 6.54 Å². The summed E-state index contributed by atoms with van der Waals surface area (Å²) in [6, 6.07) is 6.40. The number of hydrogen-bond acceptors (Lipinski definition) is 3. The first-order valence-corrected chi connectivity index (χ1v) is 5.78. The van der Waals surface area contributed by atoms with Gasteiger partial charge in [-0.15, -0.1) is 0 Å². The molecule has 0 unspecified atom stereocenters. The maximum atomic E-state index is 8.56. The van der Waals surface area contributed by atoms with Gasteiger partial charge in [-0.05, 0) is 43.7 Å². The molecule has 0 heterocycles. The molecule has 0 spiro atoms. The lowest BCUT2D eigenvalue weighted by molar-refractivity contribution is 0.333. The van der Waals surface area contributed by atoms with Crippen LogP contribution in [0, 0.1) is 25.2 Å². The lowest BCUT2D eigenvalue weighted by Gasteiger charge is -2.18. The van der Waals surface area contributed by atoms with Crippen molar-refractivity contribution in [3.8, 4) is 11.8 Å². The van der Waals surface area contributed by atoms with Crippen LogP contribution in [0.5, 0.6) is 5.75 Å². The second-order valence-electron chi connectivity index (χ2n) is 4.39. The molecule has 0 saturated carbocycles. The van der Waals surface area contributed by atoms with E-state index in [0.717, 1.165) is 24.4 Å². The highest BCUT2D eigenvalue weighted by Crippen LogP contribution is 2.23. The molecule has 0 atom stereocenters. The van der Waals surface area contributed by atoms with Gasteiger partial charge in [-0.25, -0.2) is 0 Å². The van der Waals surface area contributed by atoms with Gasteiger partial charge in [0, 0.05) is 19.5 Å². The average molecular weight is 232 g/mol. The van der Waals surface area contributed by atoms with Crippen molar-refractivity contribution in [2.75, 3.05) is 20.7 Å². The van der Waals surface area contributed by atoms with Gasteiger partial charge in [0.1, 0.15) is 5.75 Å². The van der Waals surface area contributed by atoms with E-state index < -0.39 is 0 Å². The van der Waals surface area contributed by atoms with Crippen LogP contribution in [-0.4, -0.2) is 25.6 Å².